The minimum Gasteiger partial charge on any atom is -0.458 e. The van der Waals surface area contributed by atoms with Crippen molar-refractivity contribution >= 4 is 17.1 Å². The van der Waals surface area contributed by atoms with Gasteiger partial charge in [-0.2, -0.15) is 0 Å². The van der Waals surface area contributed by atoms with Gasteiger partial charge in [0.05, 0.1) is 17.9 Å². The van der Waals surface area contributed by atoms with Crippen LogP contribution in [0.3, 0.4) is 0 Å². The fourth-order valence-electron chi connectivity index (χ4n) is 1.89. The molecule has 5 nitrogen and oxygen atoms in total. The molecule has 1 N–H and O–H groups in total. The highest BCUT2D eigenvalue weighted by Crippen LogP contribution is 2.12. The largest absolute Gasteiger partial charge is 0.458 e. The van der Waals surface area contributed by atoms with Crippen LogP contribution >= 0.6 is 0 Å². The molecule has 96 valence electrons. The lowest BCUT2D eigenvalue weighted by Crippen LogP contribution is -2.17. The van der Waals surface area contributed by atoms with Crippen LogP contribution in [0.1, 0.15) is 37.7 Å². The first kappa shape index (κ1) is 12.5. The summed E-state index contributed by atoms with van der Waals surface area (Å²) in [5.74, 6) is 0.0997. The number of pyridine rings is 1. The van der Waals surface area contributed by atoms with Crippen LogP contribution in [0.5, 0.6) is 0 Å². The highest BCUT2D eigenvalue weighted by atomic mass is 16.5. The van der Waals surface area contributed by atoms with E-state index in [1.807, 2.05) is 6.92 Å². The van der Waals surface area contributed by atoms with Crippen LogP contribution in [0.2, 0.25) is 0 Å². The number of nitrogens with zero attached hydrogens (tertiary/aromatic N) is 2. The van der Waals surface area contributed by atoms with Crippen molar-refractivity contribution in [3.05, 3.63) is 24.2 Å². The average Bonchev–Trinajstić information content (AvgIpc) is 2.74. The van der Waals surface area contributed by atoms with Gasteiger partial charge in [0.15, 0.2) is 11.3 Å². The Hall–Kier alpha value is -1.91. The van der Waals surface area contributed by atoms with Gasteiger partial charge < -0.3 is 9.72 Å². The predicted molar refractivity (Wildman–Crippen MR) is 68.2 cm³/mol. The summed E-state index contributed by atoms with van der Waals surface area (Å²) >= 11 is 0. The van der Waals surface area contributed by atoms with E-state index in [-0.39, 0.29) is 6.10 Å². The van der Waals surface area contributed by atoms with Crippen molar-refractivity contribution in [3.63, 3.8) is 0 Å². The Morgan fingerprint density at radius 2 is 2.17 bits per heavy atom. The Bertz CT molecular complexity index is 548. The number of imidazole rings is 1. The lowest BCUT2D eigenvalue weighted by atomic mass is 10.1. The molecule has 18 heavy (non-hydrogen) atoms. The quantitative estimate of drug-likeness (QED) is 0.843. The van der Waals surface area contributed by atoms with Gasteiger partial charge in [-0.3, -0.25) is 0 Å². The van der Waals surface area contributed by atoms with Crippen molar-refractivity contribution in [2.24, 2.45) is 5.92 Å². The monoisotopic (exact) mass is 247 g/mol. The maximum Gasteiger partial charge on any atom is 0.357 e. The molecule has 5 heteroatoms. The van der Waals surface area contributed by atoms with E-state index >= 15 is 0 Å². The van der Waals surface area contributed by atoms with E-state index in [0.29, 0.717) is 17.3 Å². The van der Waals surface area contributed by atoms with Crippen LogP contribution in [0.4, 0.5) is 0 Å². The molecule has 0 aliphatic carbocycles. The minimum atomic E-state index is -0.395. The average molecular weight is 247 g/mol. The lowest BCUT2D eigenvalue weighted by Gasteiger charge is -2.14. The number of esters is 1. The van der Waals surface area contributed by atoms with Gasteiger partial charge in [-0.1, -0.05) is 13.8 Å². The zero-order valence-electron chi connectivity index (χ0n) is 10.8. The third-order valence-corrected chi connectivity index (χ3v) is 2.60. The summed E-state index contributed by atoms with van der Waals surface area (Å²) in [6, 6.07) is 3.42. The molecule has 0 saturated heterocycles. The molecule has 0 bridgehead atoms. The molecule has 0 aliphatic heterocycles. The Balaban J connectivity index is 2.08. The fourth-order valence-corrected chi connectivity index (χ4v) is 1.89. The Morgan fingerprint density at radius 3 is 2.89 bits per heavy atom. The molecule has 0 radical (unpaired) electrons. The molecule has 2 heterocycles. The standard InChI is InChI=1S/C13H17N3O2/c1-8(2)6-9(3)18-13(17)11-5-4-10-12(16-11)15-7-14-10/h4-5,7-9H,6H2,1-3H3,(H,14,15,16)/t9-/m0/s1. The molecule has 0 unspecified atom stereocenters. The number of hydrogen-bond donors (Lipinski definition) is 1. The normalized spacial score (nSPS) is 12.9. The maximum atomic E-state index is 11.9. The number of aromatic nitrogens is 3. The summed E-state index contributed by atoms with van der Waals surface area (Å²) in [4.78, 5) is 23.0. The van der Waals surface area contributed by atoms with E-state index in [4.69, 9.17) is 4.74 Å². The van der Waals surface area contributed by atoms with Crippen LogP contribution < -0.4 is 0 Å². The summed E-state index contributed by atoms with van der Waals surface area (Å²) in [7, 11) is 0. The number of carbonyl (C=O) groups is 1. The first-order valence-corrected chi connectivity index (χ1v) is 6.07. The lowest BCUT2D eigenvalue weighted by molar-refractivity contribution is 0.0293. The van der Waals surface area contributed by atoms with Gasteiger partial charge in [-0.25, -0.2) is 14.8 Å². The molecule has 0 aliphatic rings. The third kappa shape index (κ3) is 2.85. The van der Waals surface area contributed by atoms with Crippen molar-refractivity contribution in [1.29, 1.82) is 0 Å². The minimum absolute atomic E-state index is 0.103. The fraction of sp³-hybridized carbons (Fsp3) is 0.462. The number of ether oxygens (including phenoxy) is 1. The number of aromatic amines is 1. The molecule has 0 fully saturated rings. The van der Waals surface area contributed by atoms with E-state index in [0.717, 1.165) is 11.9 Å². The van der Waals surface area contributed by atoms with Gasteiger partial charge in [0.2, 0.25) is 0 Å². The van der Waals surface area contributed by atoms with Crippen LogP contribution in [-0.4, -0.2) is 27.0 Å². The Kier molecular flexibility index (Phi) is 3.60. The highest BCUT2D eigenvalue weighted by molar-refractivity contribution is 5.89. The number of carbonyl (C=O) groups excluding carboxylic acids is 1. The van der Waals surface area contributed by atoms with E-state index in [9.17, 15) is 4.79 Å². The van der Waals surface area contributed by atoms with E-state index < -0.39 is 5.97 Å². The second kappa shape index (κ2) is 5.16. The summed E-state index contributed by atoms with van der Waals surface area (Å²) in [5, 5.41) is 0. The topological polar surface area (TPSA) is 67.9 Å². The van der Waals surface area contributed by atoms with Crippen molar-refractivity contribution in [2.45, 2.75) is 33.3 Å². The molecule has 2 aromatic heterocycles. The van der Waals surface area contributed by atoms with Crippen LogP contribution in [0.25, 0.3) is 11.2 Å². The molecule has 0 spiro atoms. The van der Waals surface area contributed by atoms with Gasteiger partial charge >= 0.3 is 5.97 Å². The molecule has 2 aromatic rings. The molecular weight excluding hydrogens is 230 g/mol. The van der Waals surface area contributed by atoms with Crippen LogP contribution in [-0.2, 0) is 4.74 Å². The number of H-pyrrole nitrogens is 1. The molecule has 0 aromatic carbocycles. The number of hydrogen-bond acceptors (Lipinski definition) is 4. The molecule has 0 saturated carbocycles. The molecule has 0 amide bonds. The number of fused-ring (bicyclic) bond motifs is 1. The first-order valence-electron chi connectivity index (χ1n) is 6.07. The summed E-state index contributed by atoms with van der Waals surface area (Å²) in [6.45, 7) is 6.09. The maximum absolute atomic E-state index is 11.9. The van der Waals surface area contributed by atoms with Gasteiger partial charge in [0.1, 0.15) is 0 Å². The Labute approximate surface area is 106 Å². The second-order valence-corrected chi connectivity index (χ2v) is 4.82. The predicted octanol–water partition coefficient (Wildman–Crippen LogP) is 2.55. The van der Waals surface area contributed by atoms with Crippen molar-refractivity contribution in [3.8, 4) is 0 Å². The van der Waals surface area contributed by atoms with Gasteiger partial charge in [-0.15, -0.1) is 0 Å². The smallest absolute Gasteiger partial charge is 0.357 e. The first-order chi connectivity index (χ1) is 8.56. The summed E-state index contributed by atoms with van der Waals surface area (Å²) < 4.78 is 5.33. The summed E-state index contributed by atoms with van der Waals surface area (Å²) in [5.41, 5.74) is 1.63. The molecule has 2 rings (SSSR count). The molecule has 1 atom stereocenters. The number of rotatable bonds is 4. The van der Waals surface area contributed by atoms with Gasteiger partial charge in [0.25, 0.3) is 0 Å². The van der Waals surface area contributed by atoms with Gasteiger partial charge in [0, 0.05) is 0 Å². The van der Waals surface area contributed by atoms with E-state index in [2.05, 4.69) is 28.8 Å². The zero-order chi connectivity index (χ0) is 13.1. The SMILES string of the molecule is CC(C)C[C@H](C)OC(=O)c1ccc2[nH]cnc2n1. The number of nitrogens with one attached hydrogen (secondary N) is 1. The van der Waals surface area contributed by atoms with Crippen molar-refractivity contribution in [2.75, 3.05) is 0 Å². The van der Waals surface area contributed by atoms with Crippen LogP contribution in [0.15, 0.2) is 18.5 Å². The van der Waals surface area contributed by atoms with Crippen molar-refractivity contribution < 1.29 is 9.53 Å². The third-order valence-electron chi connectivity index (χ3n) is 2.60. The Morgan fingerprint density at radius 1 is 1.39 bits per heavy atom. The summed E-state index contributed by atoms with van der Waals surface area (Å²) in [6.07, 6.45) is 2.29. The zero-order valence-corrected chi connectivity index (χ0v) is 10.8. The van der Waals surface area contributed by atoms with E-state index in [1.54, 1.807) is 18.5 Å². The van der Waals surface area contributed by atoms with E-state index in [1.165, 1.54) is 0 Å². The highest BCUT2D eigenvalue weighted by Gasteiger charge is 2.15. The van der Waals surface area contributed by atoms with Gasteiger partial charge in [-0.05, 0) is 31.4 Å². The molecular formula is C13H17N3O2. The second-order valence-electron chi connectivity index (χ2n) is 4.82. The van der Waals surface area contributed by atoms with Crippen molar-refractivity contribution in [1.82, 2.24) is 15.0 Å². The van der Waals surface area contributed by atoms with Crippen LogP contribution in [0, 0.1) is 5.92 Å².